The van der Waals surface area contributed by atoms with Gasteiger partial charge in [0.2, 0.25) is 0 Å². The van der Waals surface area contributed by atoms with Gasteiger partial charge < -0.3 is 28.7 Å². The van der Waals surface area contributed by atoms with Crippen molar-refractivity contribution < 1.29 is 147 Å². The summed E-state index contributed by atoms with van der Waals surface area (Å²) in [7, 11) is -11.2. The molecule has 1 rings (SSSR count). The first-order valence-electron chi connectivity index (χ1n) is 8.11. The zero-order valence-corrected chi connectivity index (χ0v) is 28.8. The Bertz CT molecular complexity index is 737. The van der Waals surface area contributed by atoms with E-state index in [0.717, 1.165) is 12.8 Å². The molecule has 9 nitrogen and oxygen atoms in total. The van der Waals surface area contributed by atoms with Gasteiger partial charge in [0.05, 0.1) is 5.69 Å². The van der Waals surface area contributed by atoms with E-state index in [1.54, 1.807) is 0 Å². The summed E-state index contributed by atoms with van der Waals surface area (Å²) < 4.78 is 23.4. The van der Waals surface area contributed by atoms with E-state index in [4.69, 9.17) is 0 Å². The molecule has 0 spiro atoms. The van der Waals surface area contributed by atoms with Gasteiger partial charge >= 0.3 is 118 Å². The van der Waals surface area contributed by atoms with Gasteiger partial charge in [-0.25, -0.2) is 0 Å². The summed E-state index contributed by atoms with van der Waals surface area (Å²) in [5.74, 6) is 0. The SMILES string of the molecule is CC(C)=CCC/C(C)=C/CCn1cc(CC(P(=O)([O-])[O-])P(=O)([O-])[O-])nn1.[Na+].[Na+].[Na+].[Na+]. The quantitative estimate of drug-likeness (QED) is 0.176. The maximum Gasteiger partial charge on any atom is 1.00 e. The van der Waals surface area contributed by atoms with Crippen molar-refractivity contribution in [1.82, 2.24) is 15.0 Å². The van der Waals surface area contributed by atoms with E-state index in [1.165, 1.54) is 22.0 Å². The van der Waals surface area contributed by atoms with Crippen LogP contribution in [0.2, 0.25) is 0 Å². The molecular weight excluding hydrogens is 472 g/mol. The summed E-state index contributed by atoms with van der Waals surface area (Å²) >= 11 is 0. The number of rotatable bonds is 10. The zero-order chi connectivity index (χ0) is 20.0. The first-order valence-corrected chi connectivity index (χ1v) is 11.3. The Morgan fingerprint density at radius 3 is 2.00 bits per heavy atom. The summed E-state index contributed by atoms with van der Waals surface area (Å²) in [6, 6.07) is 0. The molecule has 30 heavy (non-hydrogen) atoms. The molecule has 1 aromatic heterocycles. The summed E-state index contributed by atoms with van der Waals surface area (Å²) in [5, 5.41) is 4.85. The molecule has 0 aliphatic carbocycles. The number of nitrogens with zero attached hydrogens (tertiary/aromatic N) is 3. The van der Waals surface area contributed by atoms with Crippen LogP contribution in [0.15, 0.2) is 29.5 Å². The maximum atomic E-state index is 11.0. The maximum absolute atomic E-state index is 11.0. The van der Waals surface area contributed by atoms with Crippen molar-refractivity contribution in [2.45, 2.75) is 58.4 Å². The average Bonchev–Trinajstić information content (AvgIpc) is 2.89. The third-order valence-corrected chi connectivity index (χ3v) is 7.17. The van der Waals surface area contributed by atoms with Gasteiger partial charge in [-0.1, -0.05) is 43.7 Å². The Hall–Kier alpha value is 2.92. The molecule has 1 heterocycles. The Balaban J connectivity index is -0.000000845. The zero-order valence-electron chi connectivity index (χ0n) is 19.0. The number of hydrogen-bond donors (Lipinski definition) is 0. The molecule has 0 fully saturated rings. The molecule has 0 N–H and O–H groups in total. The predicted molar refractivity (Wildman–Crippen MR) is 89.8 cm³/mol. The minimum atomic E-state index is -5.59. The van der Waals surface area contributed by atoms with Gasteiger partial charge in [-0.15, -0.1) is 5.10 Å². The fraction of sp³-hybridized carbons (Fsp3) is 0.600. The van der Waals surface area contributed by atoms with Crippen molar-refractivity contribution in [1.29, 1.82) is 0 Å². The normalized spacial score (nSPS) is 11.5. The van der Waals surface area contributed by atoms with E-state index in [0.29, 0.717) is 13.0 Å². The second-order valence-corrected chi connectivity index (χ2v) is 10.2. The van der Waals surface area contributed by atoms with Crippen LogP contribution >= 0.6 is 15.2 Å². The van der Waals surface area contributed by atoms with Crippen LogP contribution in [0.3, 0.4) is 0 Å². The molecule has 15 heteroatoms. The molecule has 0 unspecified atom stereocenters. The van der Waals surface area contributed by atoms with E-state index >= 15 is 0 Å². The number of aromatic nitrogens is 3. The summed E-state index contributed by atoms with van der Waals surface area (Å²) in [5.41, 5.74) is 2.46. The van der Waals surface area contributed by atoms with Crippen LogP contribution < -0.4 is 138 Å². The van der Waals surface area contributed by atoms with Crippen molar-refractivity contribution >= 4 is 15.2 Å². The van der Waals surface area contributed by atoms with Crippen LogP contribution in [-0.4, -0.2) is 20.4 Å². The van der Waals surface area contributed by atoms with Gasteiger partial charge in [-0.2, -0.15) is 0 Å². The van der Waals surface area contributed by atoms with Crippen LogP contribution in [-0.2, 0) is 22.1 Å². The fourth-order valence-corrected chi connectivity index (χ4v) is 4.47. The second-order valence-electron chi connectivity index (χ2n) is 6.40. The van der Waals surface area contributed by atoms with Crippen molar-refractivity contribution in [3.8, 4) is 0 Å². The van der Waals surface area contributed by atoms with Gasteiger partial charge in [0.25, 0.3) is 0 Å². The van der Waals surface area contributed by atoms with E-state index in [2.05, 4.69) is 22.5 Å². The topological polar surface area (TPSA) is 157 Å². The monoisotopic (exact) mass is 495 g/mol. The largest absolute Gasteiger partial charge is 1.00 e. The molecule has 1 aromatic rings. The fourth-order valence-electron chi connectivity index (χ4n) is 2.26. The van der Waals surface area contributed by atoms with Gasteiger partial charge in [0.15, 0.2) is 0 Å². The average molecular weight is 495 g/mol. The van der Waals surface area contributed by atoms with E-state index in [1.807, 2.05) is 20.8 Å². The molecule has 0 aliphatic rings. The standard InChI is InChI=1S/C15H27N3O6P2.4Na/c1-12(2)6-4-7-13(3)8-5-9-18-11-14(16-17-18)10-15(25(19,20)21)26(22,23)24;;;;/h6,8,11,15H,4-5,7,9-10H2,1-3H3,(H2,19,20,21)(H2,22,23,24);;;;/q;4*+1/p-4/b13-8+;;;;. The molecular formula is C15H23N3Na4O6P2. The third kappa shape index (κ3) is 17.4. The summed E-state index contributed by atoms with van der Waals surface area (Å²) in [6.07, 6.45) is 7.34. The van der Waals surface area contributed by atoms with E-state index in [-0.39, 0.29) is 124 Å². The Kier molecular flexibility index (Phi) is 25.6. The number of allylic oxidation sites excluding steroid dienone is 4. The smallest absolute Gasteiger partial charge is 0.810 e. The summed E-state index contributed by atoms with van der Waals surface area (Å²) in [4.78, 5) is 44.0. The molecule has 0 saturated heterocycles. The minimum Gasteiger partial charge on any atom is -0.810 e. The van der Waals surface area contributed by atoms with Gasteiger partial charge in [-0.05, 0) is 40.0 Å². The van der Waals surface area contributed by atoms with Crippen molar-refractivity contribution in [3.63, 3.8) is 0 Å². The van der Waals surface area contributed by atoms with E-state index < -0.39 is 27.0 Å². The number of aryl methyl sites for hydroxylation is 1. The van der Waals surface area contributed by atoms with Crippen LogP contribution in [0.4, 0.5) is 0 Å². The van der Waals surface area contributed by atoms with Crippen molar-refractivity contribution in [2.75, 3.05) is 0 Å². The van der Waals surface area contributed by atoms with Gasteiger partial charge in [0.1, 0.15) is 0 Å². The molecule has 0 aromatic carbocycles. The first-order chi connectivity index (χ1) is 11.9. The molecule has 0 bridgehead atoms. The molecule has 148 valence electrons. The van der Waals surface area contributed by atoms with Crippen molar-refractivity contribution in [3.05, 3.63) is 35.2 Å². The molecule has 0 saturated carbocycles. The third-order valence-electron chi connectivity index (χ3n) is 3.65. The summed E-state index contributed by atoms with van der Waals surface area (Å²) in [6.45, 7) is 6.57. The molecule has 0 atom stereocenters. The second kappa shape index (κ2) is 19.1. The Morgan fingerprint density at radius 1 is 1.00 bits per heavy atom. The van der Waals surface area contributed by atoms with Gasteiger partial charge in [-0.3, -0.25) is 4.68 Å². The number of hydrogen-bond acceptors (Lipinski definition) is 8. The molecule has 0 aliphatic heterocycles. The van der Waals surface area contributed by atoms with Gasteiger partial charge in [0, 0.05) is 24.6 Å². The minimum absolute atomic E-state index is 0. The van der Waals surface area contributed by atoms with Crippen LogP contribution in [0.5, 0.6) is 0 Å². The first kappa shape index (κ1) is 40.1. The molecule has 0 amide bonds. The van der Waals surface area contributed by atoms with Crippen LogP contribution in [0.25, 0.3) is 0 Å². The predicted octanol–water partition coefficient (Wildman–Crippen LogP) is -11.9. The van der Waals surface area contributed by atoms with Crippen molar-refractivity contribution in [2.24, 2.45) is 0 Å². The van der Waals surface area contributed by atoms with Crippen LogP contribution in [0.1, 0.15) is 45.7 Å². The molecule has 0 radical (unpaired) electrons. The van der Waals surface area contributed by atoms with E-state index in [9.17, 15) is 28.7 Å². The Labute approximate surface area is 266 Å². The Morgan fingerprint density at radius 2 is 1.53 bits per heavy atom. The van der Waals surface area contributed by atoms with Crippen LogP contribution in [0, 0.1) is 0 Å².